The Morgan fingerprint density at radius 2 is 1.95 bits per heavy atom. The molecule has 0 heterocycles. The smallest absolute Gasteiger partial charge is 0.181 e. The van der Waals surface area contributed by atoms with E-state index in [2.05, 4.69) is 17.5 Å². The van der Waals surface area contributed by atoms with Crippen molar-refractivity contribution in [3.8, 4) is 0 Å². The topological polar surface area (TPSA) is 29.1 Å². The van der Waals surface area contributed by atoms with E-state index in [4.69, 9.17) is 23.2 Å². The van der Waals surface area contributed by atoms with E-state index in [-0.39, 0.29) is 23.5 Å². The third-order valence-electron chi connectivity index (χ3n) is 5.59. The first-order chi connectivity index (χ1) is 9.62. The Labute approximate surface area is 129 Å². The van der Waals surface area contributed by atoms with E-state index in [9.17, 15) is 4.79 Å². The molecule has 0 amide bonds. The van der Waals surface area contributed by atoms with Gasteiger partial charge in [0.05, 0.1) is 11.6 Å². The number of allylic oxidation sites excluding steroid dienone is 4. The Hall–Kier alpha value is -0.470. The SMILES string of the molecule is O=C1C(Cl)=C(NC2CCCCC2)[C@]2(Cl)[C@H]1[C@@H]1C=C[C@H]2C1. The van der Waals surface area contributed by atoms with Crippen LogP contribution in [0.2, 0.25) is 0 Å². The van der Waals surface area contributed by atoms with Crippen molar-refractivity contribution in [2.75, 3.05) is 0 Å². The predicted molar refractivity (Wildman–Crippen MR) is 80.7 cm³/mol. The number of rotatable bonds is 2. The molecule has 2 fully saturated rings. The van der Waals surface area contributed by atoms with Crippen LogP contribution in [0.3, 0.4) is 0 Å². The van der Waals surface area contributed by atoms with Gasteiger partial charge in [0, 0.05) is 12.0 Å². The van der Waals surface area contributed by atoms with Gasteiger partial charge in [0.25, 0.3) is 0 Å². The lowest BCUT2D eigenvalue weighted by Gasteiger charge is -2.35. The summed E-state index contributed by atoms with van der Waals surface area (Å²) in [5.74, 6) is 0.449. The van der Waals surface area contributed by atoms with Crippen molar-refractivity contribution >= 4 is 29.0 Å². The lowest BCUT2D eigenvalue weighted by atomic mass is 9.82. The van der Waals surface area contributed by atoms with Crippen molar-refractivity contribution < 1.29 is 4.79 Å². The minimum absolute atomic E-state index is 0.0526. The first-order valence-corrected chi connectivity index (χ1v) is 8.46. The molecule has 0 unspecified atom stereocenters. The molecule has 0 aromatic carbocycles. The molecule has 4 aliphatic carbocycles. The van der Waals surface area contributed by atoms with Crippen LogP contribution in [0.4, 0.5) is 0 Å². The number of hydrogen-bond acceptors (Lipinski definition) is 2. The number of alkyl halides is 1. The van der Waals surface area contributed by atoms with Gasteiger partial charge in [-0.25, -0.2) is 0 Å². The van der Waals surface area contributed by atoms with Crippen LogP contribution in [0.5, 0.6) is 0 Å². The number of halogens is 2. The molecule has 0 aromatic heterocycles. The maximum Gasteiger partial charge on any atom is 0.181 e. The van der Waals surface area contributed by atoms with Crippen molar-refractivity contribution in [3.05, 3.63) is 22.9 Å². The fourth-order valence-electron chi connectivity index (χ4n) is 4.61. The molecule has 2 bridgehead atoms. The number of hydrogen-bond donors (Lipinski definition) is 1. The fourth-order valence-corrected chi connectivity index (χ4v) is 5.56. The highest BCUT2D eigenvalue weighted by Gasteiger charge is 2.65. The summed E-state index contributed by atoms with van der Waals surface area (Å²) in [6.07, 6.45) is 11.5. The second kappa shape index (κ2) is 4.51. The van der Waals surface area contributed by atoms with Gasteiger partial charge in [-0.1, -0.05) is 43.0 Å². The Morgan fingerprint density at radius 3 is 2.70 bits per heavy atom. The molecule has 1 N–H and O–H groups in total. The van der Waals surface area contributed by atoms with Gasteiger partial charge in [0.1, 0.15) is 9.91 Å². The molecule has 20 heavy (non-hydrogen) atoms. The Morgan fingerprint density at radius 1 is 1.20 bits per heavy atom. The zero-order valence-corrected chi connectivity index (χ0v) is 12.9. The van der Waals surface area contributed by atoms with Crippen LogP contribution in [-0.2, 0) is 4.79 Å². The van der Waals surface area contributed by atoms with E-state index in [1.165, 1.54) is 19.3 Å². The van der Waals surface area contributed by atoms with Crippen LogP contribution in [0, 0.1) is 17.8 Å². The second-order valence-electron chi connectivity index (χ2n) is 6.67. The Balaban J connectivity index is 1.66. The average Bonchev–Trinajstić information content (AvgIpc) is 3.08. The van der Waals surface area contributed by atoms with Crippen LogP contribution in [0.15, 0.2) is 22.9 Å². The van der Waals surface area contributed by atoms with Crippen LogP contribution in [0.25, 0.3) is 0 Å². The Bertz CT molecular complexity index is 521. The van der Waals surface area contributed by atoms with E-state index in [1.807, 2.05) is 0 Å². The molecule has 0 saturated heterocycles. The quantitative estimate of drug-likeness (QED) is 0.621. The molecule has 0 aliphatic heterocycles. The number of nitrogens with one attached hydrogen (secondary N) is 1. The summed E-state index contributed by atoms with van der Waals surface area (Å²) in [4.78, 5) is 11.9. The molecule has 0 radical (unpaired) electrons. The predicted octanol–water partition coefficient (Wildman–Crippen LogP) is 3.74. The molecule has 0 aromatic rings. The molecule has 0 spiro atoms. The van der Waals surface area contributed by atoms with Crippen molar-refractivity contribution in [1.29, 1.82) is 0 Å². The van der Waals surface area contributed by atoms with Crippen LogP contribution >= 0.6 is 23.2 Å². The Kier molecular flexibility index (Phi) is 2.98. The third-order valence-corrected chi connectivity index (χ3v) is 6.67. The highest BCUT2D eigenvalue weighted by atomic mass is 35.5. The summed E-state index contributed by atoms with van der Waals surface area (Å²) in [5.41, 5.74) is 0.833. The van der Waals surface area contributed by atoms with E-state index in [0.717, 1.165) is 25.0 Å². The highest BCUT2D eigenvalue weighted by molar-refractivity contribution is 6.47. The second-order valence-corrected chi connectivity index (χ2v) is 7.67. The lowest BCUT2D eigenvalue weighted by molar-refractivity contribution is -0.118. The first kappa shape index (κ1) is 13.2. The standard InChI is InChI=1S/C16H19Cl2NO/c17-13-14(20)12-9-6-7-10(8-9)16(12,18)15(13)19-11-4-2-1-3-5-11/h6-7,9-12,19H,1-5,8H2/t9-,10+,12+,16-/m1/s1. The van der Waals surface area contributed by atoms with Gasteiger partial charge in [-0.05, 0) is 25.2 Å². The number of fused-ring (bicyclic) bond motifs is 5. The molecule has 2 saturated carbocycles. The molecule has 4 rings (SSSR count). The van der Waals surface area contributed by atoms with Gasteiger partial charge in [0.15, 0.2) is 5.78 Å². The minimum atomic E-state index is -0.592. The van der Waals surface area contributed by atoms with Crippen LogP contribution in [0.1, 0.15) is 38.5 Å². The fraction of sp³-hybridized carbons (Fsp3) is 0.688. The molecule has 4 aliphatic rings. The largest absolute Gasteiger partial charge is 0.383 e. The van der Waals surface area contributed by atoms with Gasteiger partial charge in [-0.2, -0.15) is 0 Å². The van der Waals surface area contributed by atoms with E-state index in [1.54, 1.807) is 0 Å². The molecular formula is C16H19Cl2NO. The first-order valence-electron chi connectivity index (χ1n) is 7.70. The minimum Gasteiger partial charge on any atom is -0.383 e. The highest BCUT2D eigenvalue weighted by Crippen LogP contribution is 2.62. The van der Waals surface area contributed by atoms with Gasteiger partial charge in [-0.15, -0.1) is 11.6 Å². The molecule has 108 valence electrons. The van der Waals surface area contributed by atoms with Crippen LogP contribution in [-0.4, -0.2) is 16.7 Å². The van der Waals surface area contributed by atoms with E-state index < -0.39 is 4.87 Å². The zero-order chi connectivity index (χ0) is 13.9. The molecular weight excluding hydrogens is 293 g/mol. The summed E-state index contributed by atoms with van der Waals surface area (Å²) >= 11 is 13.3. The number of carbonyl (C=O) groups is 1. The number of Topliss-reactive ketones (excluding diaryl/α,β-unsaturated/α-hetero) is 1. The van der Waals surface area contributed by atoms with Gasteiger partial charge >= 0.3 is 0 Å². The van der Waals surface area contributed by atoms with E-state index >= 15 is 0 Å². The van der Waals surface area contributed by atoms with Crippen LogP contribution < -0.4 is 5.32 Å². The van der Waals surface area contributed by atoms with Crippen molar-refractivity contribution in [1.82, 2.24) is 5.32 Å². The van der Waals surface area contributed by atoms with Gasteiger partial charge < -0.3 is 5.32 Å². The molecule has 4 atom stereocenters. The summed E-state index contributed by atoms with van der Waals surface area (Å²) in [5, 5.41) is 3.93. The molecule has 4 heteroatoms. The summed E-state index contributed by atoms with van der Waals surface area (Å²) < 4.78 is 0. The summed E-state index contributed by atoms with van der Waals surface area (Å²) in [6.45, 7) is 0. The number of ketones is 1. The third kappa shape index (κ3) is 1.61. The maximum absolute atomic E-state index is 12.5. The van der Waals surface area contributed by atoms with Crippen molar-refractivity contribution in [2.45, 2.75) is 49.4 Å². The molecule has 2 nitrogen and oxygen atoms in total. The van der Waals surface area contributed by atoms with Crippen molar-refractivity contribution in [3.63, 3.8) is 0 Å². The monoisotopic (exact) mass is 311 g/mol. The summed E-state index contributed by atoms with van der Waals surface area (Å²) in [7, 11) is 0. The van der Waals surface area contributed by atoms with E-state index in [0.29, 0.717) is 11.1 Å². The van der Waals surface area contributed by atoms with Gasteiger partial charge in [-0.3, -0.25) is 4.79 Å². The lowest BCUT2D eigenvalue weighted by Crippen LogP contribution is -2.44. The van der Waals surface area contributed by atoms with Crippen molar-refractivity contribution in [2.24, 2.45) is 17.8 Å². The zero-order valence-electron chi connectivity index (χ0n) is 11.4. The maximum atomic E-state index is 12.5. The average molecular weight is 312 g/mol. The number of carbonyl (C=O) groups excluding carboxylic acids is 1. The van der Waals surface area contributed by atoms with Gasteiger partial charge in [0.2, 0.25) is 0 Å². The normalized spacial score (nSPS) is 43.5. The summed E-state index contributed by atoms with van der Waals surface area (Å²) in [6, 6.07) is 0.429.